The molecule has 2 aromatic rings. The number of cyclic esters (lactones) is 1. The standard InChI is InChI=1S/C30H41N5O5/c1-17(2)25-26(36)32-18(3)27(37)35-13-7-8-23(34-35)28(38)40-19(4)24-15-22-14-20(9-10-21(22)16-31-24)11-12-30(5,6)29(39)33-25/h9-10,14-19,23,25,34H,7-8,11-13H2,1-6H3,(H,32,36)(H,33,39)/t18?,19-,23?,25?/m1/s1. The molecule has 2 aliphatic rings. The molecule has 0 saturated carbocycles. The first-order chi connectivity index (χ1) is 18.9. The number of pyridine rings is 1. The lowest BCUT2D eigenvalue weighted by Gasteiger charge is -2.35. The number of hydrazine groups is 1. The molecule has 1 aromatic carbocycles. The van der Waals surface area contributed by atoms with E-state index in [0.29, 0.717) is 37.9 Å². The van der Waals surface area contributed by atoms with Crippen molar-refractivity contribution in [2.75, 3.05) is 6.54 Å². The van der Waals surface area contributed by atoms with E-state index >= 15 is 0 Å². The van der Waals surface area contributed by atoms with Crippen LogP contribution in [0.15, 0.2) is 30.5 Å². The molecule has 1 saturated heterocycles. The zero-order valence-corrected chi connectivity index (χ0v) is 24.2. The predicted molar refractivity (Wildman–Crippen MR) is 151 cm³/mol. The van der Waals surface area contributed by atoms with Gasteiger partial charge in [-0.3, -0.25) is 29.2 Å². The van der Waals surface area contributed by atoms with Crippen molar-refractivity contribution in [2.24, 2.45) is 11.3 Å². The summed E-state index contributed by atoms with van der Waals surface area (Å²) in [5.74, 6) is -1.67. The number of fused-ring (bicyclic) bond motifs is 4. The monoisotopic (exact) mass is 551 g/mol. The van der Waals surface area contributed by atoms with Crippen LogP contribution in [0.5, 0.6) is 0 Å². The van der Waals surface area contributed by atoms with Gasteiger partial charge < -0.3 is 15.4 Å². The molecule has 40 heavy (non-hydrogen) atoms. The van der Waals surface area contributed by atoms with Crippen molar-refractivity contribution in [2.45, 2.75) is 91.5 Å². The number of benzene rings is 1. The lowest BCUT2D eigenvalue weighted by atomic mass is 9.84. The highest BCUT2D eigenvalue weighted by Gasteiger charge is 2.36. The van der Waals surface area contributed by atoms with Crippen molar-refractivity contribution >= 4 is 34.5 Å². The molecular formula is C30H41N5O5. The lowest BCUT2D eigenvalue weighted by molar-refractivity contribution is -0.157. The molecule has 4 rings (SSSR count). The minimum absolute atomic E-state index is 0.193. The van der Waals surface area contributed by atoms with Crippen LogP contribution in [0.2, 0.25) is 0 Å². The molecule has 10 heteroatoms. The molecule has 3 unspecified atom stereocenters. The van der Waals surface area contributed by atoms with Crippen LogP contribution in [-0.4, -0.2) is 58.4 Å². The second-order valence-corrected chi connectivity index (χ2v) is 12.0. The second kappa shape index (κ2) is 11.9. The maximum atomic E-state index is 13.3. The van der Waals surface area contributed by atoms with E-state index in [9.17, 15) is 19.2 Å². The number of aryl methyl sites for hydroxylation is 1. The Bertz CT molecular complexity index is 1290. The summed E-state index contributed by atoms with van der Waals surface area (Å²) >= 11 is 0. The summed E-state index contributed by atoms with van der Waals surface area (Å²) < 4.78 is 5.76. The number of rotatable bonds is 1. The van der Waals surface area contributed by atoms with Crippen molar-refractivity contribution in [1.82, 2.24) is 26.1 Å². The van der Waals surface area contributed by atoms with Crippen molar-refractivity contribution in [3.63, 3.8) is 0 Å². The van der Waals surface area contributed by atoms with E-state index in [1.807, 2.05) is 45.9 Å². The van der Waals surface area contributed by atoms with E-state index in [1.54, 1.807) is 20.0 Å². The van der Waals surface area contributed by atoms with Gasteiger partial charge in [0, 0.05) is 23.5 Å². The van der Waals surface area contributed by atoms with Crippen LogP contribution in [0.1, 0.15) is 78.2 Å². The quantitative estimate of drug-likeness (QED) is 0.465. The fourth-order valence-electron chi connectivity index (χ4n) is 5.06. The average molecular weight is 552 g/mol. The number of ether oxygens (including phenoxy) is 1. The Balaban J connectivity index is 1.66. The number of nitrogens with one attached hydrogen (secondary N) is 3. The van der Waals surface area contributed by atoms with Crippen molar-refractivity contribution in [3.05, 3.63) is 41.7 Å². The lowest BCUT2D eigenvalue weighted by Crippen LogP contribution is -2.61. The highest BCUT2D eigenvalue weighted by atomic mass is 16.5. The highest BCUT2D eigenvalue weighted by Crippen LogP contribution is 2.27. The molecule has 0 spiro atoms. The Labute approximate surface area is 235 Å². The number of amides is 3. The van der Waals surface area contributed by atoms with Gasteiger partial charge in [-0.25, -0.2) is 5.43 Å². The molecule has 3 amide bonds. The van der Waals surface area contributed by atoms with E-state index in [2.05, 4.69) is 27.1 Å². The molecule has 0 radical (unpaired) electrons. The molecule has 10 nitrogen and oxygen atoms in total. The number of hydrogen-bond donors (Lipinski definition) is 3. The fraction of sp³-hybridized carbons (Fsp3) is 0.567. The van der Waals surface area contributed by atoms with Gasteiger partial charge in [0.2, 0.25) is 11.8 Å². The molecule has 0 aliphatic carbocycles. The zero-order chi connectivity index (χ0) is 29.2. The number of carbonyl (C=O) groups excluding carboxylic acids is 4. The first kappa shape index (κ1) is 29.5. The molecule has 2 aliphatic heterocycles. The van der Waals surface area contributed by atoms with E-state index < -0.39 is 41.5 Å². The van der Waals surface area contributed by atoms with Crippen molar-refractivity contribution in [1.29, 1.82) is 0 Å². The van der Waals surface area contributed by atoms with Gasteiger partial charge in [-0.05, 0) is 62.5 Å². The molecule has 1 aromatic heterocycles. The summed E-state index contributed by atoms with van der Waals surface area (Å²) in [6.07, 6.45) is 3.52. The molecule has 3 N–H and O–H groups in total. The Morgan fingerprint density at radius 2 is 1.80 bits per heavy atom. The molecule has 3 heterocycles. The maximum absolute atomic E-state index is 13.3. The summed E-state index contributed by atoms with van der Waals surface area (Å²) in [5.41, 5.74) is 3.94. The van der Waals surface area contributed by atoms with Crippen LogP contribution < -0.4 is 16.1 Å². The molecule has 4 atom stereocenters. The van der Waals surface area contributed by atoms with Crippen LogP contribution in [0.4, 0.5) is 0 Å². The van der Waals surface area contributed by atoms with Gasteiger partial charge in [0.15, 0.2) is 0 Å². The first-order valence-electron chi connectivity index (χ1n) is 14.1. The number of esters is 1. The largest absolute Gasteiger partial charge is 0.455 e. The Morgan fingerprint density at radius 3 is 2.52 bits per heavy atom. The van der Waals surface area contributed by atoms with Gasteiger partial charge in [-0.15, -0.1) is 0 Å². The third kappa shape index (κ3) is 6.60. The Kier molecular flexibility index (Phi) is 8.77. The third-order valence-corrected chi connectivity index (χ3v) is 7.87. The Hall–Kier alpha value is -3.53. The van der Waals surface area contributed by atoms with E-state index in [1.165, 1.54) is 5.01 Å². The molecule has 5 bridgehead atoms. The smallest absolute Gasteiger partial charge is 0.325 e. The number of aromatic nitrogens is 1. The van der Waals surface area contributed by atoms with Gasteiger partial charge in [0.25, 0.3) is 5.91 Å². The summed E-state index contributed by atoms with van der Waals surface area (Å²) in [4.78, 5) is 57.3. The number of carbonyl (C=O) groups is 4. The second-order valence-electron chi connectivity index (χ2n) is 12.0. The minimum Gasteiger partial charge on any atom is -0.455 e. The molecular weight excluding hydrogens is 510 g/mol. The third-order valence-electron chi connectivity index (χ3n) is 7.87. The van der Waals surface area contributed by atoms with E-state index in [0.717, 1.165) is 16.3 Å². The highest BCUT2D eigenvalue weighted by molar-refractivity contribution is 5.93. The van der Waals surface area contributed by atoms with Gasteiger partial charge >= 0.3 is 5.97 Å². The van der Waals surface area contributed by atoms with Crippen LogP contribution in [0.25, 0.3) is 10.8 Å². The zero-order valence-electron chi connectivity index (χ0n) is 24.2. The van der Waals surface area contributed by atoms with E-state index in [4.69, 9.17) is 4.74 Å². The maximum Gasteiger partial charge on any atom is 0.325 e. The van der Waals surface area contributed by atoms with E-state index in [-0.39, 0.29) is 17.7 Å². The topological polar surface area (TPSA) is 130 Å². The predicted octanol–water partition coefficient (Wildman–Crippen LogP) is 2.95. The van der Waals surface area contributed by atoms with Gasteiger partial charge in [-0.2, -0.15) is 0 Å². The number of nitrogens with zero attached hydrogens (tertiary/aromatic N) is 2. The van der Waals surface area contributed by atoms with Gasteiger partial charge in [0.05, 0.1) is 5.69 Å². The van der Waals surface area contributed by atoms with Crippen molar-refractivity contribution in [3.8, 4) is 0 Å². The summed E-state index contributed by atoms with van der Waals surface area (Å²) in [6.45, 7) is 11.2. The Morgan fingerprint density at radius 1 is 1.05 bits per heavy atom. The molecule has 1 fully saturated rings. The fourth-order valence-corrected chi connectivity index (χ4v) is 5.06. The molecule has 216 valence electrons. The van der Waals surface area contributed by atoms with Crippen LogP contribution in [0.3, 0.4) is 0 Å². The van der Waals surface area contributed by atoms with Crippen LogP contribution in [-0.2, 0) is 30.3 Å². The SMILES string of the molecule is CC1NC(=O)C(C(C)C)NC(=O)C(C)(C)CCc2ccc3cnc(cc3c2)[C@@H](C)OC(=O)C2CCCN(N2)C1=O. The van der Waals surface area contributed by atoms with Gasteiger partial charge in [-0.1, -0.05) is 45.9 Å². The summed E-state index contributed by atoms with van der Waals surface area (Å²) in [6, 6.07) is 5.65. The van der Waals surface area contributed by atoms with Crippen molar-refractivity contribution < 1.29 is 23.9 Å². The number of hydrogen-bond acceptors (Lipinski definition) is 7. The minimum atomic E-state index is -0.865. The van der Waals surface area contributed by atoms with Crippen LogP contribution >= 0.6 is 0 Å². The summed E-state index contributed by atoms with van der Waals surface area (Å²) in [7, 11) is 0. The van der Waals surface area contributed by atoms with Crippen LogP contribution in [0, 0.1) is 11.3 Å². The normalized spacial score (nSPS) is 26.8. The average Bonchev–Trinajstić information content (AvgIpc) is 2.92. The van der Waals surface area contributed by atoms with Gasteiger partial charge in [0.1, 0.15) is 24.2 Å². The first-order valence-corrected chi connectivity index (χ1v) is 14.1. The summed E-state index contributed by atoms with van der Waals surface area (Å²) in [5, 5.41) is 8.99.